The molecule has 0 radical (unpaired) electrons. The lowest BCUT2D eigenvalue weighted by Crippen LogP contribution is -2.12. The molecule has 0 fully saturated rings. The van der Waals surface area contributed by atoms with E-state index in [0.717, 1.165) is 0 Å². The lowest BCUT2D eigenvalue weighted by molar-refractivity contribution is -0.144. The molecule has 0 aromatic rings. The minimum atomic E-state index is -0.219. The van der Waals surface area contributed by atoms with E-state index in [4.69, 9.17) is 19.5 Å². The van der Waals surface area contributed by atoms with Crippen molar-refractivity contribution in [3.8, 4) is 6.07 Å². The predicted octanol–water partition coefficient (Wildman–Crippen LogP) is 0.886. The van der Waals surface area contributed by atoms with Gasteiger partial charge in [0.1, 0.15) is 6.61 Å². The molecule has 86 valence electrons. The van der Waals surface area contributed by atoms with E-state index in [0.29, 0.717) is 39.3 Å². The van der Waals surface area contributed by atoms with E-state index in [9.17, 15) is 4.79 Å². The Morgan fingerprint density at radius 3 is 2.33 bits per heavy atom. The van der Waals surface area contributed by atoms with Crippen LogP contribution in [0.2, 0.25) is 0 Å². The van der Waals surface area contributed by atoms with Crippen LogP contribution < -0.4 is 0 Å². The first-order valence-corrected chi connectivity index (χ1v) is 4.99. The zero-order chi connectivity index (χ0) is 11.4. The van der Waals surface area contributed by atoms with Crippen LogP contribution in [0.25, 0.3) is 0 Å². The Bertz CT molecular complexity index is 200. The van der Waals surface area contributed by atoms with Crippen molar-refractivity contribution < 1.29 is 19.0 Å². The molecule has 15 heavy (non-hydrogen) atoms. The van der Waals surface area contributed by atoms with E-state index in [1.807, 2.05) is 6.07 Å². The molecule has 0 spiro atoms. The number of esters is 1. The highest BCUT2D eigenvalue weighted by molar-refractivity contribution is 5.68. The number of hydrogen-bond acceptors (Lipinski definition) is 5. The number of nitrogens with zero attached hydrogens (tertiary/aromatic N) is 1. The lowest BCUT2D eigenvalue weighted by atomic mass is 10.5. The molecule has 0 bridgehead atoms. The Labute approximate surface area is 89.9 Å². The molecule has 0 aromatic heterocycles. The normalized spacial score (nSPS) is 9.60. The lowest BCUT2D eigenvalue weighted by Gasteiger charge is -2.05. The SMILES string of the molecule is CCC(=O)OCCOCCOCCC#N. The van der Waals surface area contributed by atoms with Gasteiger partial charge in [-0.2, -0.15) is 5.26 Å². The van der Waals surface area contributed by atoms with Crippen LogP contribution in [0.4, 0.5) is 0 Å². The quantitative estimate of drug-likeness (QED) is 0.422. The molecule has 5 heteroatoms. The Morgan fingerprint density at radius 2 is 1.73 bits per heavy atom. The summed E-state index contributed by atoms with van der Waals surface area (Å²) in [5, 5.41) is 8.20. The summed E-state index contributed by atoms with van der Waals surface area (Å²) in [7, 11) is 0. The van der Waals surface area contributed by atoms with Crippen molar-refractivity contribution in [3.63, 3.8) is 0 Å². The van der Waals surface area contributed by atoms with Crippen molar-refractivity contribution in [2.75, 3.05) is 33.0 Å². The van der Waals surface area contributed by atoms with Crippen LogP contribution in [-0.2, 0) is 19.0 Å². The predicted molar refractivity (Wildman–Crippen MR) is 53.1 cm³/mol. The fraction of sp³-hybridized carbons (Fsp3) is 0.800. The Morgan fingerprint density at radius 1 is 1.13 bits per heavy atom. The maximum Gasteiger partial charge on any atom is 0.305 e. The monoisotopic (exact) mass is 215 g/mol. The molecule has 0 rings (SSSR count). The molecular formula is C10H17NO4. The number of carbonyl (C=O) groups is 1. The second-order valence-electron chi connectivity index (χ2n) is 2.71. The molecule has 0 aromatic carbocycles. The number of carbonyl (C=O) groups excluding carboxylic acids is 1. The topological polar surface area (TPSA) is 68.6 Å². The summed E-state index contributed by atoms with van der Waals surface area (Å²) in [6.45, 7) is 3.76. The average molecular weight is 215 g/mol. The van der Waals surface area contributed by atoms with Gasteiger partial charge in [-0.05, 0) is 0 Å². The van der Waals surface area contributed by atoms with E-state index >= 15 is 0 Å². The van der Waals surface area contributed by atoms with Gasteiger partial charge in [-0.15, -0.1) is 0 Å². The minimum Gasteiger partial charge on any atom is -0.463 e. The highest BCUT2D eigenvalue weighted by atomic mass is 16.6. The third-order valence-electron chi connectivity index (χ3n) is 1.51. The van der Waals surface area contributed by atoms with Gasteiger partial charge in [0.2, 0.25) is 0 Å². The van der Waals surface area contributed by atoms with Gasteiger partial charge in [-0.3, -0.25) is 4.79 Å². The minimum absolute atomic E-state index is 0.219. The van der Waals surface area contributed by atoms with Gasteiger partial charge >= 0.3 is 5.97 Å². The summed E-state index contributed by atoms with van der Waals surface area (Å²) >= 11 is 0. The molecule has 0 saturated carbocycles. The van der Waals surface area contributed by atoms with Crippen molar-refractivity contribution in [1.82, 2.24) is 0 Å². The van der Waals surface area contributed by atoms with Crippen molar-refractivity contribution >= 4 is 5.97 Å². The molecule has 0 aliphatic heterocycles. The Kier molecular flexibility index (Phi) is 10.1. The van der Waals surface area contributed by atoms with Crippen LogP contribution in [0.15, 0.2) is 0 Å². The summed E-state index contributed by atoms with van der Waals surface area (Å²) in [6.07, 6.45) is 0.783. The van der Waals surface area contributed by atoms with Crippen molar-refractivity contribution in [1.29, 1.82) is 5.26 Å². The van der Waals surface area contributed by atoms with Crippen molar-refractivity contribution in [2.45, 2.75) is 19.8 Å². The zero-order valence-corrected chi connectivity index (χ0v) is 9.03. The van der Waals surface area contributed by atoms with Gasteiger partial charge in [-0.1, -0.05) is 6.92 Å². The van der Waals surface area contributed by atoms with E-state index < -0.39 is 0 Å². The van der Waals surface area contributed by atoms with Gasteiger partial charge in [0, 0.05) is 6.42 Å². The largest absolute Gasteiger partial charge is 0.463 e. The van der Waals surface area contributed by atoms with Gasteiger partial charge in [0.05, 0.1) is 38.9 Å². The van der Waals surface area contributed by atoms with E-state index in [1.54, 1.807) is 6.92 Å². The summed E-state index contributed by atoms with van der Waals surface area (Å²) in [5.41, 5.74) is 0. The number of rotatable bonds is 9. The molecule has 0 N–H and O–H groups in total. The molecule has 5 nitrogen and oxygen atoms in total. The number of nitriles is 1. The van der Waals surface area contributed by atoms with Crippen LogP contribution in [0, 0.1) is 11.3 Å². The van der Waals surface area contributed by atoms with Crippen LogP contribution in [0.3, 0.4) is 0 Å². The zero-order valence-electron chi connectivity index (χ0n) is 9.03. The third-order valence-corrected chi connectivity index (χ3v) is 1.51. The van der Waals surface area contributed by atoms with Gasteiger partial charge in [-0.25, -0.2) is 0 Å². The summed E-state index contributed by atoms with van der Waals surface area (Å²) in [4.78, 5) is 10.7. The maximum atomic E-state index is 10.7. The fourth-order valence-corrected chi connectivity index (χ4v) is 0.756. The first kappa shape index (κ1) is 13.9. The van der Waals surface area contributed by atoms with E-state index in [2.05, 4.69) is 0 Å². The molecule has 0 unspecified atom stereocenters. The van der Waals surface area contributed by atoms with Gasteiger partial charge < -0.3 is 14.2 Å². The van der Waals surface area contributed by atoms with E-state index in [-0.39, 0.29) is 12.6 Å². The van der Waals surface area contributed by atoms with Crippen LogP contribution >= 0.6 is 0 Å². The second-order valence-corrected chi connectivity index (χ2v) is 2.71. The van der Waals surface area contributed by atoms with Crippen LogP contribution in [0.5, 0.6) is 0 Å². The summed E-state index contributed by atoms with van der Waals surface area (Å²) in [6, 6.07) is 1.97. The van der Waals surface area contributed by atoms with Crippen molar-refractivity contribution in [2.24, 2.45) is 0 Å². The maximum absolute atomic E-state index is 10.7. The molecule has 0 amide bonds. The van der Waals surface area contributed by atoms with Gasteiger partial charge in [0.25, 0.3) is 0 Å². The highest BCUT2D eigenvalue weighted by Gasteiger charge is 1.96. The average Bonchev–Trinajstić information content (AvgIpc) is 2.26. The molecule has 0 aliphatic carbocycles. The van der Waals surface area contributed by atoms with Crippen LogP contribution in [-0.4, -0.2) is 39.0 Å². The first-order valence-electron chi connectivity index (χ1n) is 4.99. The Balaban J connectivity index is 2.99. The van der Waals surface area contributed by atoms with E-state index in [1.165, 1.54) is 0 Å². The second kappa shape index (κ2) is 11.0. The molecule has 0 atom stereocenters. The van der Waals surface area contributed by atoms with Crippen molar-refractivity contribution in [3.05, 3.63) is 0 Å². The molecule has 0 saturated heterocycles. The molecule has 0 heterocycles. The van der Waals surface area contributed by atoms with Gasteiger partial charge in [0.15, 0.2) is 0 Å². The highest BCUT2D eigenvalue weighted by Crippen LogP contribution is 1.86. The third kappa shape index (κ3) is 10.8. The number of ether oxygens (including phenoxy) is 3. The summed E-state index contributed by atoms with van der Waals surface area (Å²) < 4.78 is 15.0. The van der Waals surface area contributed by atoms with Crippen LogP contribution in [0.1, 0.15) is 19.8 Å². The number of hydrogen-bond donors (Lipinski definition) is 0. The smallest absolute Gasteiger partial charge is 0.305 e. The molecule has 0 aliphatic rings. The first-order chi connectivity index (χ1) is 7.31. The fourth-order valence-electron chi connectivity index (χ4n) is 0.756. The molecular weight excluding hydrogens is 198 g/mol. The Hall–Kier alpha value is -1.12. The summed E-state index contributed by atoms with van der Waals surface area (Å²) in [5.74, 6) is -0.219. The standard InChI is InChI=1S/C10H17NO4/c1-2-10(12)15-9-8-14-7-6-13-5-3-4-11/h2-3,5-9H2,1H3.